The molecular formula is C22H27N3O3. The van der Waals surface area contributed by atoms with Crippen LogP contribution in [0.2, 0.25) is 0 Å². The molecule has 1 atom stereocenters. The summed E-state index contributed by atoms with van der Waals surface area (Å²) in [4.78, 5) is 28.6. The zero-order chi connectivity index (χ0) is 20.1. The van der Waals surface area contributed by atoms with Gasteiger partial charge < -0.3 is 19.9 Å². The van der Waals surface area contributed by atoms with Gasteiger partial charge >= 0.3 is 0 Å². The lowest BCUT2D eigenvalue weighted by atomic mass is 10.1. The number of ether oxygens (including phenoxy) is 1. The molecule has 3 rings (SSSR count). The maximum Gasteiger partial charge on any atom is 0.227 e. The first-order chi connectivity index (χ1) is 13.5. The topological polar surface area (TPSA) is 61.9 Å². The minimum absolute atomic E-state index is 0.00657. The van der Waals surface area contributed by atoms with Crippen molar-refractivity contribution < 1.29 is 14.3 Å². The number of methoxy groups -OCH3 is 1. The Kier molecular flexibility index (Phi) is 6.19. The van der Waals surface area contributed by atoms with E-state index in [2.05, 4.69) is 5.32 Å². The molecule has 2 aromatic rings. The minimum Gasteiger partial charge on any atom is -0.497 e. The van der Waals surface area contributed by atoms with E-state index in [9.17, 15) is 9.59 Å². The summed E-state index contributed by atoms with van der Waals surface area (Å²) in [6.45, 7) is 0.974. The molecular weight excluding hydrogens is 354 g/mol. The van der Waals surface area contributed by atoms with E-state index in [4.69, 9.17) is 4.74 Å². The van der Waals surface area contributed by atoms with Crippen LogP contribution in [0.5, 0.6) is 5.75 Å². The zero-order valence-corrected chi connectivity index (χ0v) is 16.6. The van der Waals surface area contributed by atoms with Crippen molar-refractivity contribution in [2.75, 3.05) is 44.1 Å². The summed E-state index contributed by atoms with van der Waals surface area (Å²) in [6, 6.07) is 15.6. The Morgan fingerprint density at radius 3 is 2.43 bits per heavy atom. The summed E-state index contributed by atoms with van der Waals surface area (Å²) in [7, 11) is 5.59. The lowest BCUT2D eigenvalue weighted by Crippen LogP contribution is -2.34. The Morgan fingerprint density at radius 2 is 1.82 bits per heavy atom. The lowest BCUT2D eigenvalue weighted by molar-refractivity contribution is -0.126. The lowest BCUT2D eigenvalue weighted by Gasteiger charge is -2.19. The maximum atomic E-state index is 12.5. The second kappa shape index (κ2) is 8.78. The summed E-state index contributed by atoms with van der Waals surface area (Å²) in [5, 5.41) is 2.96. The molecule has 6 nitrogen and oxygen atoms in total. The third-order valence-electron chi connectivity index (χ3n) is 5.05. The van der Waals surface area contributed by atoms with Gasteiger partial charge in [-0.15, -0.1) is 0 Å². The van der Waals surface area contributed by atoms with Crippen molar-refractivity contribution in [2.45, 2.75) is 12.8 Å². The predicted molar refractivity (Wildman–Crippen MR) is 111 cm³/mol. The predicted octanol–water partition coefficient (Wildman–Crippen LogP) is 2.47. The number of nitrogens with zero attached hydrogens (tertiary/aromatic N) is 2. The van der Waals surface area contributed by atoms with Crippen LogP contribution in [0.3, 0.4) is 0 Å². The van der Waals surface area contributed by atoms with Crippen LogP contribution in [-0.4, -0.2) is 46.1 Å². The second-order valence-electron chi connectivity index (χ2n) is 7.21. The fourth-order valence-corrected chi connectivity index (χ4v) is 3.33. The number of hydrogen-bond donors (Lipinski definition) is 1. The van der Waals surface area contributed by atoms with E-state index in [-0.39, 0.29) is 24.2 Å². The van der Waals surface area contributed by atoms with Gasteiger partial charge in [0.2, 0.25) is 11.8 Å². The largest absolute Gasteiger partial charge is 0.497 e. The number of benzene rings is 2. The van der Waals surface area contributed by atoms with Gasteiger partial charge in [0.25, 0.3) is 0 Å². The first-order valence-electron chi connectivity index (χ1n) is 9.46. The summed E-state index contributed by atoms with van der Waals surface area (Å²) in [5.74, 6) is 0.440. The quantitative estimate of drug-likeness (QED) is 0.800. The van der Waals surface area contributed by atoms with Crippen LogP contribution in [0.25, 0.3) is 0 Å². The highest BCUT2D eigenvalue weighted by molar-refractivity contribution is 6.00. The molecule has 2 aromatic carbocycles. The number of hydrogen-bond acceptors (Lipinski definition) is 4. The minimum atomic E-state index is -0.308. The van der Waals surface area contributed by atoms with Crippen LogP contribution in [0.4, 0.5) is 11.4 Å². The molecule has 0 radical (unpaired) electrons. The van der Waals surface area contributed by atoms with Crippen LogP contribution in [0.1, 0.15) is 12.0 Å². The number of nitrogens with one attached hydrogen (secondary N) is 1. The van der Waals surface area contributed by atoms with Gasteiger partial charge in [-0.2, -0.15) is 0 Å². The molecule has 1 aliphatic rings. The van der Waals surface area contributed by atoms with Gasteiger partial charge in [0, 0.05) is 45.0 Å². The van der Waals surface area contributed by atoms with Crippen LogP contribution in [0.15, 0.2) is 48.5 Å². The van der Waals surface area contributed by atoms with E-state index in [0.717, 1.165) is 29.1 Å². The Balaban J connectivity index is 1.51. The first-order valence-corrected chi connectivity index (χ1v) is 9.46. The van der Waals surface area contributed by atoms with E-state index < -0.39 is 0 Å². The number of anilines is 2. The molecule has 0 saturated carbocycles. The smallest absolute Gasteiger partial charge is 0.227 e. The van der Waals surface area contributed by atoms with Crippen molar-refractivity contribution >= 4 is 23.2 Å². The van der Waals surface area contributed by atoms with E-state index in [1.165, 1.54) is 0 Å². The summed E-state index contributed by atoms with van der Waals surface area (Å²) in [6.07, 6.45) is 0.996. The summed E-state index contributed by atoms with van der Waals surface area (Å²) >= 11 is 0. The fourth-order valence-electron chi connectivity index (χ4n) is 3.33. The van der Waals surface area contributed by atoms with Crippen molar-refractivity contribution in [1.29, 1.82) is 0 Å². The number of carbonyl (C=O) groups is 2. The van der Waals surface area contributed by atoms with Crippen LogP contribution in [-0.2, 0) is 16.0 Å². The molecule has 148 valence electrons. The third kappa shape index (κ3) is 4.63. The molecule has 1 saturated heterocycles. The van der Waals surface area contributed by atoms with Gasteiger partial charge in [-0.3, -0.25) is 9.59 Å². The van der Waals surface area contributed by atoms with Crippen LogP contribution >= 0.6 is 0 Å². The van der Waals surface area contributed by atoms with Crippen LogP contribution in [0, 0.1) is 5.92 Å². The standard InChI is InChI=1S/C22H27N3O3/c1-24(2)18-6-8-19(9-7-18)25-15-17(14-21(25)26)22(27)23-13-12-16-4-10-20(28-3)11-5-16/h4-11,17H,12-15H2,1-3H3,(H,23,27). The molecule has 1 aliphatic heterocycles. The second-order valence-corrected chi connectivity index (χ2v) is 7.21. The molecule has 6 heteroatoms. The molecule has 2 amide bonds. The Morgan fingerprint density at radius 1 is 1.14 bits per heavy atom. The van der Waals surface area contributed by atoms with E-state index in [0.29, 0.717) is 13.1 Å². The Hall–Kier alpha value is -3.02. The summed E-state index contributed by atoms with van der Waals surface area (Å²) in [5.41, 5.74) is 3.04. The van der Waals surface area contributed by atoms with Gasteiger partial charge in [-0.1, -0.05) is 12.1 Å². The summed E-state index contributed by atoms with van der Waals surface area (Å²) < 4.78 is 5.15. The maximum absolute atomic E-state index is 12.5. The Bertz CT molecular complexity index is 816. The highest BCUT2D eigenvalue weighted by atomic mass is 16.5. The molecule has 0 spiro atoms. The third-order valence-corrected chi connectivity index (χ3v) is 5.05. The van der Waals surface area contributed by atoms with Gasteiger partial charge in [-0.25, -0.2) is 0 Å². The highest BCUT2D eigenvalue weighted by Gasteiger charge is 2.34. The number of rotatable bonds is 7. The van der Waals surface area contributed by atoms with Gasteiger partial charge in [-0.05, 0) is 48.4 Å². The van der Waals surface area contributed by atoms with E-state index in [1.807, 2.05) is 67.5 Å². The van der Waals surface area contributed by atoms with Crippen molar-refractivity contribution in [1.82, 2.24) is 5.32 Å². The molecule has 28 heavy (non-hydrogen) atoms. The monoisotopic (exact) mass is 381 g/mol. The van der Waals surface area contributed by atoms with E-state index in [1.54, 1.807) is 12.0 Å². The molecule has 0 aliphatic carbocycles. The average Bonchev–Trinajstić information content (AvgIpc) is 3.10. The van der Waals surface area contributed by atoms with Gasteiger partial charge in [0.05, 0.1) is 13.0 Å². The molecule has 0 aromatic heterocycles. The average molecular weight is 381 g/mol. The van der Waals surface area contributed by atoms with Crippen molar-refractivity contribution in [3.05, 3.63) is 54.1 Å². The van der Waals surface area contributed by atoms with Gasteiger partial charge in [0.1, 0.15) is 5.75 Å². The molecule has 1 heterocycles. The molecule has 1 N–H and O–H groups in total. The molecule has 1 unspecified atom stereocenters. The highest BCUT2D eigenvalue weighted by Crippen LogP contribution is 2.27. The van der Waals surface area contributed by atoms with Gasteiger partial charge in [0.15, 0.2) is 0 Å². The number of amides is 2. The number of carbonyl (C=O) groups excluding carboxylic acids is 2. The first kappa shape index (κ1) is 19.7. The molecule has 1 fully saturated rings. The van der Waals surface area contributed by atoms with Crippen molar-refractivity contribution in [2.24, 2.45) is 5.92 Å². The molecule has 0 bridgehead atoms. The fraction of sp³-hybridized carbons (Fsp3) is 0.364. The zero-order valence-electron chi connectivity index (χ0n) is 16.6. The SMILES string of the molecule is COc1ccc(CCNC(=O)C2CC(=O)N(c3ccc(N(C)C)cc3)C2)cc1. The Labute approximate surface area is 166 Å². The van der Waals surface area contributed by atoms with E-state index >= 15 is 0 Å². The van der Waals surface area contributed by atoms with Crippen molar-refractivity contribution in [3.8, 4) is 5.75 Å². The normalized spacial score (nSPS) is 16.2. The van der Waals surface area contributed by atoms with Crippen molar-refractivity contribution in [3.63, 3.8) is 0 Å². The van der Waals surface area contributed by atoms with Crippen LogP contribution < -0.4 is 19.9 Å².